The summed E-state index contributed by atoms with van der Waals surface area (Å²) in [6.45, 7) is 0. The number of hydrogen-bond acceptors (Lipinski definition) is 3. The minimum absolute atomic E-state index is 0.109. The fraction of sp³-hybridized carbons (Fsp3) is 0.550. The Bertz CT molecular complexity index is 776. The second kappa shape index (κ2) is 8.28. The average Bonchev–Trinajstić information content (AvgIpc) is 2.90. The third kappa shape index (κ3) is 4.47. The van der Waals surface area contributed by atoms with Crippen LogP contribution in [0.3, 0.4) is 0 Å². The van der Waals surface area contributed by atoms with E-state index in [1.165, 1.54) is 25.7 Å². The number of amides is 1. The molecule has 1 aromatic carbocycles. The number of hydrogen-bond donors (Lipinski definition) is 1. The van der Waals surface area contributed by atoms with Crippen molar-refractivity contribution in [3.05, 3.63) is 40.4 Å². The molecule has 0 atom stereocenters. The summed E-state index contributed by atoms with van der Waals surface area (Å²) in [5.74, 6) is 0.864. The van der Waals surface area contributed by atoms with Crippen molar-refractivity contribution in [2.24, 2.45) is 0 Å². The summed E-state index contributed by atoms with van der Waals surface area (Å²) >= 11 is 0. The van der Waals surface area contributed by atoms with Gasteiger partial charge in [-0.1, -0.05) is 37.8 Å². The molecule has 0 saturated heterocycles. The Balaban J connectivity index is 1.55. The number of nitrogens with one attached hydrogen (secondary N) is 1. The van der Waals surface area contributed by atoms with Crippen LogP contribution in [0.1, 0.15) is 57.2 Å². The second-order valence-electron chi connectivity index (χ2n) is 7.03. The molecule has 134 valence electrons. The average molecular weight is 341 g/mol. The van der Waals surface area contributed by atoms with Crippen LogP contribution in [0.25, 0.3) is 10.9 Å². The van der Waals surface area contributed by atoms with Crippen molar-refractivity contribution in [1.82, 2.24) is 14.9 Å². The van der Waals surface area contributed by atoms with E-state index in [9.17, 15) is 9.59 Å². The number of para-hydroxylation sites is 1. The van der Waals surface area contributed by atoms with Crippen LogP contribution in [0.15, 0.2) is 29.1 Å². The Labute approximate surface area is 148 Å². The van der Waals surface area contributed by atoms with Crippen LogP contribution < -0.4 is 5.56 Å². The normalized spacial score (nSPS) is 15.9. The highest BCUT2D eigenvalue weighted by Crippen LogP contribution is 2.21. The summed E-state index contributed by atoms with van der Waals surface area (Å²) in [5.41, 5.74) is 0.602. The fourth-order valence-electron chi connectivity index (χ4n) is 3.69. The summed E-state index contributed by atoms with van der Waals surface area (Å²) in [5, 5.41) is 0.607. The zero-order chi connectivity index (χ0) is 17.6. The largest absolute Gasteiger partial charge is 0.343 e. The second-order valence-corrected chi connectivity index (χ2v) is 7.03. The summed E-state index contributed by atoms with van der Waals surface area (Å²) in [7, 11) is 1.94. The van der Waals surface area contributed by atoms with E-state index in [1.807, 2.05) is 30.1 Å². The first-order valence-corrected chi connectivity index (χ1v) is 9.39. The number of benzene rings is 1. The van der Waals surface area contributed by atoms with Crippen molar-refractivity contribution >= 4 is 16.8 Å². The topological polar surface area (TPSA) is 66.1 Å². The highest BCUT2D eigenvalue weighted by molar-refractivity contribution is 5.77. The predicted octanol–water partition coefficient (Wildman–Crippen LogP) is 3.43. The molecule has 0 radical (unpaired) electrons. The van der Waals surface area contributed by atoms with Gasteiger partial charge in [0.25, 0.3) is 5.56 Å². The molecule has 1 heterocycles. The maximum Gasteiger partial charge on any atom is 0.258 e. The van der Waals surface area contributed by atoms with Crippen LogP contribution in [-0.2, 0) is 11.2 Å². The van der Waals surface area contributed by atoms with Gasteiger partial charge in [-0.25, -0.2) is 4.98 Å². The number of carbonyl (C=O) groups excluding carboxylic acids is 1. The Hall–Kier alpha value is -2.17. The SMILES string of the molecule is CN(C(=O)CCCc1nc2ccccc2c(=O)[nH]1)C1CCCCCC1. The molecule has 1 N–H and O–H groups in total. The third-order valence-electron chi connectivity index (χ3n) is 5.23. The lowest BCUT2D eigenvalue weighted by Gasteiger charge is -2.27. The van der Waals surface area contributed by atoms with E-state index in [1.54, 1.807) is 6.07 Å². The summed E-state index contributed by atoms with van der Waals surface area (Å²) in [6.07, 6.45) is 9.11. The molecule has 1 aromatic heterocycles. The van der Waals surface area contributed by atoms with Gasteiger partial charge in [-0.05, 0) is 31.4 Å². The molecule has 5 heteroatoms. The molecule has 2 aromatic rings. The van der Waals surface area contributed by atoms with E-state index in [-0.39, 0.29) is 11.5 Å². The number of fused-ring (bicyclic) bond motifs is 1. The molecule has 1 aliphatic rings. The molecule has 5 nitrogen and oxygen atoms in total. The number of H-pyrrole nitrogens is 1. The molecular formula is C20H27N3O2. The van der Waals surface area contributed by atoms with Crippen molar-refractivity contribution in [2.45, 2.75) is 63.8 Å². The van der Waals surface area contributed by atoms with E-state index >= 15 is 0 Å². The first-order chi connectivity index (χ1) is 12.1. The molecule has 0 unspecified atom stereocenters. The van der Waals surface area contributed by atoms with Gasteiger partial charge in [0.2, 0.25) is 5.91 Å². The van der Waals surface area contributed by atoms with Crippen molar-refractivity contribution in [2.75, 3.05) is 7.05 Å². The third-order valence-corrected chi connectivity index (χ3v) is 5.23. The van der Waals surface area contributed by atoms with Crippen LogP contribution in [0, 0.1) is 0 Å². The smallest absolute Gasteiger partial charge is 0.258 e. The van der Waals surface area contributed by atoms with Crippen LogP contribution in [0.5, 0.6) is 0 Å². The molecule has 0 spiro atoms. The molecule has 3 rings (SSSR count). The van der Waals surface area contributed by atoms with E-state index in [0.29, 0.717) is 42.0 Å². The van der Waals surface area contributed by atoms with Crippen molar-refractivity contribution in [1.29, 1.82) is 0 Å². The molecule has 1 aliphatic carbocycles. The number of rotatable bonds is 5. The van der Waals surface area contributed by atoms with Crippen molar-refractivity contribution in [3.8, 4) is 0 Å². The summed E-state index contributed by atoms with van der Waals surface area (Å²) in [4.78, 5) is 33.8. The van der Waals surface area contributed by atoms with Gasteiger partial charge < -0.3 is 9.88 Å². The van der Waals surface area contributed by atoms with Gasteiger partial charge in [0.15, 0.2) is 0 Å². The Kier molecular flexibility index (Phi) is 5.84. The Morgan fingerprint density at radius 3 is 2.68 bits per heavy atom. The molecule has 25 heavy (non-hydrogen) atoms. The van der Waals surface area contributed by atoms with Crippen LogP contribution in [-0.4, -0.2) is 33.9 Å². The molecule has 0 bridgehead atoms. The van der Waals surface area contributed by atoms with Gasteiger partial charge in [0, 0.05) is 25.9 Å². The molecule has 1 fully saturated rings. The highest BCUT2D eigenvalue weighted by Gasteiger charge is 2.20. The Morgan fingerprint density at radius 1 is 1.20 bits per heavy atom. The first-order valence-electron chi connectivity index (χ1n) is 9.39. The van der Waals surface area contributed by atoms with Gasteiger partial charge in [-0.15, -0.1) is 0 Å². The lowest BCUT2D eigenvalue weighted by atomic mass is 10.1. The maximum absolute atomic E-state index is 12.5. The molecule has 1 saturated carbocycles. The summed E-state index contributed by atoms with van der Waals surface area (Å²) in [6, 6.07) is 7.73. The highest BCUT2D eigenvalue weighted by atomic mass is 16.2. The van der Waals surface area contributed by atoms with Gasteiger partial charge in [-0.3, -0.25) is 9.59 Å². The lowest BCUT2D eigenvalue weighted by Crippen LogP contribution is -2.36. The summed E-state index contributed by atoms with van der Waals surface area (Å²) < 4.78 is 0. The van der Waals surface area contributed by atoms with Crippen molar-refractivity contribution in [3.63, 3.8) is 0 Å². The predicted molar refractivity (Wildman–Crippen MR) is 99.6 cm³/mol. The quantitative estimate of drug-likeness (QED) is 0.847. The maximum atomic E-state index is 12.5. The van der Waals surface area contributed by atoms with E-state index < -0.39 is 0 Å². The van der Waals surface area contributed by atoms with E-state index in [0.717, 1.165) is 12.8 Å². The fourth-order valence-corrected chi connectivity index (χ4v) is 3.69. The number of aromatic nitrogens is 2. The van der Waals surface area contributed by atoms with Gasteiger partial charge >= 0.3 is 0 Å². The number of aryl methyl sites for hydroxylation is 1. The number of carbonyl (C=O) groups is 1. The van der Waals surface area contributed by atoms with Gasteiger partial charge in [-0.2, -0.15) is 0 Å². The first kappa shape index (κ1) is 17.6. The zero-order valence-corrected chi connectivity index (χ0v) is 15.0. The minimum atomic E-state index is -0.109. The molecule has 0 aliphatic heterocycles. The zero-order valence-electron chi connectivity index (χ0n) is 15.0. The van der Waals surface area contributed by atoms with Gasteiger partial charge in [0.1, 0.15) is 5.82 Å². The van der Waals surface area contributed by atoms with E-state index in [4.69, 9.17) is 0 Å². The molecular weight excluding hydrogens is 314 g/mol. The standard InChI is InChI=1S/C20H27N3O2/c1-23(15-9-4-2-3-5-10-15)19(24)14-8-13-18-21-17-12-7-6-11-16(17)20(25)22-18/h6-7,11-12,15H,2-5,8-10,13-14H2,1H3,(H,21,22,25). The van der Waals surface area contributed by atoms with Crippen molar-refractivity contribution < 1.29 is 4.79 Å². The Morgan fingerprint density at radius 2 is 1.92 bits per heavy atom. The van der Waals surface area contributed by atoms with Crippen LogP contribution in [0.4, 0.5) is 0 Å². The minimum Gasteiger partial charge on any atom is -0.343 e. The monoisotopic (exact) mass is 341 g/mol. The molecule has 1 amide bonds. The van der Waals surface area contributed by atoms with E-state index in [2.05, 4.69) is 9.97 Å². The van der Waals surface area contributed by atoms with Crippen LogP contribution in [0.2, 0.25) is 0 Å². The number of nitrogens with zero attached hydrogens (tertiary/aromatic N) is 2. The van der Waals surface area contributed by atoms with Crippen LogP contribution >= 0.6 is 0 Å². The lowest BCUT2D eigenvalue weighted by molar-refractivity contribution is -0.132. The number of aromatic amines is 1. The van der Waals surface area contributed by atoms with Gasteiger partial charge in [0.05, 0.1) is 10.9 Å².